The van der Waals surface area contributed by atoms with Gasteiger partial charge in [-0.2, -0.15) is 4.98 Å². The summed E-state index contributed by atoms with van der Waals surface area (Å²) in [7, 11) is 0. The molecule has 3 heterocycles. The molecule has 0 aliphatic carbocycles. The van der Waals surface area contributed by atoms with E-state index >= 15 is 0 Å². The third-order valence-corrected chi connectivity index (χ3v) is 3.54. The number of hydrogen-bond donors (Lipinski definition) is 2. The molecule has 2 aliphatic heterocycles. The number of nitrogens with zero attached hydrogens (tertiary/aromatic N) is 3. The molecule has 0 radical (unpaired) electrons. The first-order valence-corrected chi connectivity index (χ1v) is 6.45. The molecule has 5 nitrogen and oxygen atoms in total. The van der Waals surface area contributed by atoms with Crippen molar-refractivity contribution in [3.63, 3.8) is 0 Å². The van der Waals surface area contributed by atoms with Crippen LogP contribution in [-0.4, -0.2) is 42.2 Å². The number of halogens is 1. The minimum Gasteiger partial charge on any atom is -0.355 e. The van der Waals surface area contributed by atoms with Crippen molar-refractivity contribution in [3.8, 4) is 0 Å². The average Bonchev–Trinajstić information content (AvgIpc) is 2.73. The third kappa shape index (κ3) is 2.30. The Morgan fingerprint density at radius 2 is 2.35 bits per heavy atom. The Morgan fingerprint density at radius 1 is 1.47 bits per heavy atom. The van der Waals surface area contributed by atoms with E-state index in [0.717, 1.165) is 38.4 Å². The lowest BCUT2D eigenvalue weighted by Crippen LogP contribution is -2.38. The highest BCUT2D eigenvalue weighted by molar-refractivity contribution is 6.32. The zero-order valence-electron chi connectivity index (χ0n) is 9.62. The number of nitrogens with one attached hydrogen (secondary N) is 2. The van der Waals surface area contributed by atoms with Gasteiger partial charge in [0.1, 0.15) is 5.02 Å². The Labute approximate surface area is 106 Å². The van der Waals surface area contributed by atoms with Gasteiger partial charge in [0.2, 0.25) is 5.95 Å². The molecule has 0 spiro atoms. The highest BCUT2D eigenvalue weighted by Crippen LogP contribution is 2.27. The number of aromatic nitrogens is 2. The van der Waals surface area contributed by atoms with Crippen LogP contribution in [0.3, 0.4) is 0 Å². The van der Waals surface area contributed by atoms with Crippen molar-refractivity contribution < 1.29 is 0 Å². The molecule has 6 heteroatoms. The van der Waals surface area contributed by atoms with Crippen molar-refractivity contribution in [1.82, 2.24) is 15.3 Å². The van der Waals surface area contributed by atoms with Crippen molar-refractivity contribution in [2.75, 3.05) is 36.4 Å². The van der Waals surface area contributed by atoms with Crippen molar-refractivity contribution in [3.05, 3.63) is 11.2 Å². The maximum atomic E-state index is 6.11. The summed E-state index contributed by atoms with van der Waals surface area (Å²) in [4.78, 5) is 10.9. The van der Waals surface area contributed by atoms with Gasteiger partial charge in [-0.1, -0.05) is 11.6 Å². The molecular formula is C11H16ClN5. The Kier molecular flexibility index (Phi) is 3.03. The van der Waals surface area contributed by atoms with E-state index in [2.05, 4.69) is 25.5 Å². The van der Waals surface area contributed by atoms with Gasteiger partial charge < -0.3 is 15.5 Å². The lowest BCUT2D eigenvalue weighted by atomic mass is 10.2. The summed E-state index contributed by atoms with van der Waals surface area (Å²) in [5.74, 6) is 1.55. The summed E-state index contributed by atoms with van der Waals surface area (Å²) in [6.45, 7) is 4.12. The molecule has 3 rings (SSSR count). The standard InChI is InChI=1S/C11H16ClN5/c12-9-7-14-11(15-8-2-3-13-6-8)16-10(9)17-4-1-5-17/h7-8,13H,1-6H2,(H,14,15,16). The van der Waals surface area contributed by atoms with Gasteiger partial charge in [0.15, 0.2) is 5.82 Å². The number of anilines is 2. The van der Waals surface area contributed by atoms with Crippen molar-refractivity contribution in [2.45, 2.75) is 18.9 Å². The molecule has 0 amide bonds. The van der Waals surface area contributed by atoms with Crippen LogP contribution in [0.1, 0.15) is 12.8 Å². The van der Waals surface area contributed by atoms with Gasteiger partial charge in [0, 0.05) is 25.7 Å². The highest BCUT2D eigenvalue weighted by atomic mass is 35.5. The van der Waals surface area contributed by atoms with E-state index in [9.17, 15) is 0 Å². The second kappa shape index (κ2) is 4.66. The number of rotatable bonds is 3. The summed E-state index contributed by atoms with van der Waals surface area (Å²) in [6, 6.07) is 0.431. The van der Waals surface area contributed by atoms with Gasteiger partial charge in [-0.25, -0.2) is 4.98 Å². The normalized spacial score (nSPS) is 23.6. The molecule has 1 atom stereocenters. The van der Waals surface area contributed by atoms with Crippen LogP contribution < -0.4 is 15.5 Å². The van der Waals surface area contributed by atoms with E-state index in [1.807, 2.05) is 0 Å². The van der Waals surface area contributed by atoms with E-state index in [-0.39, 0.29) is 0 Å². The van der Waals surface area contributed by atoms with Crippen LogP contribution in [0.5, 0.6) is 0 Å². The molecule has 2 aliphatic rings. The van der Waals surface area contributed by atoms with Crippen LogP contribution in [0.15, 0.2) is 6.20 Å². The van der Waals surface area contributed by atoms with Gasteiger partial charge in [0.05, 0.1) is 6.20 Å². The Hall–Kier alpha value is -1.07. The summed E-state index contributed by atoms with van der Waals surface area (Å²) in [6.07, 6.45) is 4.02. The van der Waals surface area contributed by atoms with Gasteiger partial charge >= 0.3 is 0 Å². The van der Waals surface area contributed by atoms with Crippen LogP contribution >= 0.6 is 11.6 Å². The highest BCUT2D eigenvalue weighted by Gasteiger charge is 2.21. The first-order valence-electron chi connectivity index (χ1n) is 6.08. The van der Waals surface area contributed by atoms with Crippen LogP contribution in [-0.2, 0) is 0 Å². The quantitative estimate of drug-likeness (QED) is 0.845. The monoisotopic (exact) mass is 253 g/mol. The molecule has 2 N–H and O–H groups in total. The molecule has 92 valence electrons. The van der Waals surface area contributed by atoms with Crippen LogP contribution in [0, 0.1) is 0 Å². The van der Waals surface area contributed by atoms with E-state index in [1.165, 1.54) is 6.42 Å². The van der Waals surface area contributed by atoms with Crippen LogP contribution in [0.25, 0.3) is 0 Å². The fraction of sp³-hybridized carbons (Fsp3) is 0.636. The molecule has 0 saturated carbocycles. The van der Waals surface area contributed by atoms with Crippen molar-refractivity contribution >= 4 is 23.4 Å². The molecule has 1 aromatic heterocycles. The predicted octanol–water partition coefficient (Wildman–Crippen LogP) is 1.11. The van der Waals surface area contributed by atoms with E-state index < -0.39 is 0 Å². The molecule has 1 aromatic rings. The minimum atomic E-state index is 0.431. The Bertz CT molecular complexity index is 401. The molecule has 0 aromatic carbocycles. The second-order valence-electron chi connectivity index (χ2n) is 4.54. The number of hydrogen-bond acceptors (Lipinski definition) is 5. The zero-order chi connectivity index (χ0) is 11.7. The van der Waals surface area contributed by atoms with Crippen molar-refractivity contribution in [2.24, 2.45) is 0 Å². The fourth-order valence-electron chi connectivity index (χ4n) is 2.14. The maximum Gasteiger partial charge on any atom is 0.224 e. The largest absolute Gasteiger partial charge is 0.355 e. The molecule has 2 saturated heterocycles. The topological polar surface area (TPSA) is 53.1 Å². The second-order valence-corrected chi connectivity index (χ2v) is 4.95. The average molecular weight is 254 g/mol. The fourth-order valence-corrected chi connectivity index (χ4v) is 2.35. The van der Waals surface area contributed by atoms with Gasteiger partial charge in [-0.3, -0.25) is 0 Å². The summed E-state index contributed by atoms with van der Waals surface area (Å²) in [5.41, 5.74) is 0. The Morgan fingerprint density at radius 3 is 3.00 bits per heavy atom. The first-order chi connectivity index (χ1) is 8.33. The molecule has 17 heavy (non-hydrogen) atoms. The van der Waals surface area contributed by atoms with Crippen LogP contribution in [0.4, 0.5) is 11.8 Å². The lowest BCUT2D eigenvalue weighted by Gasteiger charge is -2.32. The third-order valence-electron chi connectivity index (χ3n) is 3.27. The maximum absolute atomic E-state index is 6.11. The molecule has 2 fully saturated rings. The molecule has 0 bridgehead atoms. The summed E-state index contributed by atoms with van der Waals surface area (Å²) in [5, 5.41) is 7.29. The first kappa shape index (κ1) is 11.0. The SMILES string of the molecule is Clc1cnc(NC2CCNC2)nc1N1CCC1. The van der Waals surface area contributed by atoms with Crippen molar-refractivity contribution in [1.29, 1.82) is 0 Å². The Balaban J connectivity index is 1.75. The van der Waals surface area contributed by atoms with E-state index in [0.29, 0.717) is 17.0 Å². The molecular weight excluding hydrogens is 238 g/mol. The van der Waals surface area contributed by atoms with Gasteiger partial charge in [-0.15, -0.1) is 0 Å². The zero-order valence-corrected chi connectivity index (χ0v) is 10.4. The van der Waals surface area contributed by atoms with Crippen LogP contribution in [0.2, 0.25) is 5.02 Å². The minimum absolute atomic E-state index is 0.431. The van der Waals surface area contributed by atoms with Gasteiger partial charge in [0.25, 0.3) is 0 Å². The molecule has 1 unspecified atom stereocenters. The lowest BCUT2D eigenvalue weighted by molar-refractivity contribution is 0.609. The van der Waals surface area contributed by atoms with Gasteiger partial charge in [-0.05, 0) is 19.4 Å². The van der Waals surface area contributed by atoms with E-state index in [1.54, 1.807) is 6.20 Å². The summed E-state index contributed by atoms with van der Waals surface area (Å²) < 4.78 is 0. The predicted molar refractivity (Wildman–Crippen MR) is 68.8 cm³/mol. The smallest absolute Gasteiger partial charge is 0.224 e. The summed E-state index contributed by atoms with van der Waals surface area (Å²) >= 11 is 6.11. The van der Waals surface area contributed by atoms with E-state index in [4.69, 9.17) is 11.6 Å².